The van der Waals surface area contributed by atoms with E-state index in [9.17, 15) is 13.2 Å². The number of halogens is 4. The predicted octanol–water partition coefficient (Wildman–Crippen LogP) is 6.47. The van der Waals surface area contributed by atoms with Crippen molar-refractivity contribution in [3.63, 3.8) is 0 Å². The molecular weight excluding hydrogens is 443 g/mol. The Morgan fingerprint density at radius 2 is 2.00 bits per heavy atom. The lowest BCUT2D eigenvalue weighted by atomic mass is 10.0. The lowest BCUT2D eigenvalue weighted by molar-refractivity contribution is -0.0918. The van der Waals surface area contributed by atoms with Crippen LogP contribution in [0.1, 0.15) is 22.9 Å². The van der Waals surface area contributed by atoms with E-state index in [4.69, 9.17) is 17.3 Å². The van der Waals surface area contributed by atoms with Crippen LogP contribution < -0.4 is 5.73 Å². The van der Waals surface area contributed by atoms with Crippen molar-refractivity contribution >= 4 is 34.7 Å². The second kappa shape index (κ2) is 11.2. The molecule has 2 aromatic rings. The fourth-order valence-corrected chi connectivity index (χ4v) is 4.27. The normalized spacial score (nSPS) is 14.4. The SMILES string of the molecule is C=CC(=C)N1CCc2cc(Cl)sc2C1.CCN=C/C(=C(\N)C(F)(F)F)c1ccccc1. The van der Waals surface area contributed by atoms with Crippen molar-refractivity contribution in [1.29, 1.82) is 0 Å². The molecule has 1 aromatic heterocycles. The maximum atomic E-state index is 12.6. The highest BCUT2D eigenvalue weighted by molar-refractivity contribution is 7.16. The van der Waals surface area contributed by atoms with Gasteiger partial charge in [0, 0.05) is 35.5 Å². The van der Waals surface area contributed by atoms with Crippen molar-refractivity contribution in [2.24, 2.45) is 10.7 Å². The molecule has 8 heteroatoms. The molecule has 0 atom stereocenters. The molecule has 0 unspecified atom stereocenters. The number of benzene rings is 1. The van der Waals surface area contributed by atoms with E-state index in [0.717, 1.165) is 35.8 Å². The molecule has 2 N–H and O–H groups in total. The molecular formula is C23H25ClF3N3S. The van der Waals surface area contributed by atoms with Crippen LogP contribution >= 0.6 is 22.9 Å². The number of allylic oxidation sites excluding steroid dienone is 3. The van der Waals surface area contributed by atoms with Crippen molar-refractivity contribution in [1.82, 2.24) is 4.90 Å². The van der Waals surface area contributed by atoms with Gasteiger partial charge < -0.3 is 10.6 Å². The summed E-state index contributed by atoms with van der Waals surface area (Å²) in [4.78, 5) is 7.42. The molecule has 0 bridgehead atoms. The Bertz CT molecular complexity index is 962. The first-order chi connectivity index (χ1) is 14.7. The summed E-state index contributed by atoms with van der Waals surface area (Å²) in [7, 11) is 0. The summed E-state index contributed by atoms with van der Waals surface area (Å²) in [6.45, 7) is 11.8. The van der Waals surface area contributed by atoms with E-state index >= 15 is 0 Å². The van der Waals surface area contributed by atoms with Crippen LogP contribution in [0.2, 0.25) is 4.34 Å². The smallest absolute Gasteiger partial charge is 0.394 e. The van der Waals surface area contributed by atoms with Gasteiger partial charge in [0.2, 0.25) is 0 Å². The van der Waals surface area contributed by atoms with Crippen LogP contribution in [0.25, 0.3) is 5.57 Å². The van der Waals surface area contributed by atoms with Crippen LogP contribution in [0.15, 0.2) is 72.0 Å². The quantitative estimate of drug-likeness (QED) is 0.404. The minimum atomic E-state index is -4.55. The van der Waals surface area contributed by atoms with E-state index in [1.807, 2.05) is 0 Å². The molecule has 0 fully saturated rings. The molecule has 0 radical (unpaired) electrons. The first-order valence-electron chi connectivity index (χ1n) is 9.62. The average Bonchev–Trinajstić information content (AvgIpc) is 3.13. The van der Waals surface area contributed by atoms with Crippen LogP contribution in [0.5, 0.6) is 0 Å². The van der Waals surface area contributed by atoms with Crippen molar-refractivity contribution in [2.75, 3.05) is 13.1 Å². The molecule has 31 heavy (non-hydrogen) atoms. The van der Waals surface area contributed by atoms with Gasteiger partial charge in [-0.05, 0) is 36.6 Å². The van der Waals surface area contributed by atoms with Crippen molar-refractivity contribution in [2.45, 2.75) is 26.1 Å². The number of hydrogen-bond donors (Lipinski definition) is 1. The van der Waals surface area contributed by atoms with Crippen molar-refractivity contribution < 1.29 is 13.2 Å². The maximum absolute atomic E-state index is 12.6. The lowest BCUT2D eigenvalue weighted by Gasteiger charge is -2.28. The average molecular weight is 468 g/mol. The van der Waals surface area contributed by atoms with Gasteiger partial charge in [-0.3, -0.25) is 4.99 Å². The molecule has 166 valence electrons. The maximum Gasteiger partial charge on any atom is 0.431 e. The Balaban J connectivity index is 0.000000224. The number of rotatable bonds is 5. The van der Waals surface area contributed by atoms with Gasteiger partial charge in [0.05, 0.1) is 10.9 Å². The monoisotopic (exact) mass is 467 g/mol. The summed E-state index contributed by atoms with van der Waals surface area (Å²) in [5.74, 6) is 0. The zero-order valence-corrected chi connectivity index (χ0v) is 18.8. The largest absolute Gasteiger partial charge is 0.431 e. The molecule has 1 aliphatic rings. The number of aliphatic imine (C=N–C) groups is 1. The molecule has 1 aliphatic heterocycles. The molecule has 1 aromatic carbocycles. The molecule has 0 amide bonds. The summed E-state index contributed by atoms with van der Waals surface area (Å²) < 4.78 is 38.6. The van der Waals surface area contributed by atoms with Gasteiger partial charge in [-0.2, -0.15) is 13.2 Å². The van der Waals surface area contributed by atoms with E-state index in [-0.39, 0.29) is 5.57 Å². The van der Waals surface area contributed by atoms with Crippen LogP contribution in [0.3, 0.4) is 0 Å². The van der Waals surface area contributed by atoms with Crippen molar-refractivity contribution in [3.8, 4) is 0 Å². The van der Waals surface area contributed by atoms with Crippen LogP contribution in [0.4, 0.5) is 13.2 Å². The summed E-state index contributed by atoms with van der Waals surface area (Å²) in [5, 5.41) is 0. The van der Waals surface area contributed by atoms with Gasteiger partial charge in [0.15, 0.2) is 0 Å². The van der Waals surface area contributed by atoms with Gasteiger partial charge in [0.1, 0.15) is 5.70 Å². The number of alkyl halides is 3. The fraction of sp³-hybridized carbons (Fsp3) is 0.261. The lowest BCUT2D eigenvalue weighted by Crippen LogP contribution is -2.27. The third kappa shape index (κ3) is 7.01. The van der Waals surface area contributed by atoms with Crippen LogP contribution in [0, 0.1) is 0 Å². The van der Waals surface area contributed by atoms with Gasteiger partial charge in [-0.1, -0.05) is 55.1 Å². The Morgan fingerprint density at radius 1 is 1.32 bits per heavy atom. The number of thiophene rings is 1. The van der Waals surface area contributed by atoms with Gasteiger partial charge in [-0.15, -0.1) is 11.3 Å². The van der Waals surface area contributed by atoms with Crippen LogP contribution in [-0.2, 0) is 13.0 Å². The number of nitrogens with zero attached hydrogens (tertiary/aromatic N) is 2. The third-order valence-corrected chi connectivity index (χ3v) is 5.87. The van der Waals surface area contributed by atoms with E-state index in [1.165, 1.54) is 10.4 Å². The Hall–Kier alpha value is -2.51. The van der Waals surface area contributed by atoms with E-state index in [1.54, 1.807) is 54.7 Å². The molecule has 0 aliphatic carbocycles. The number of fused-ring (bicyclic) bond motifs is 1. The van der Waals surface area contributed by atoms with E-state index in [0.29, 0.717) is 12.1 Å². The highest BCUT2D eigenvalue weighted by Gasteiger charge is 2.34. The molecule has 0 spiro atoms. The van der Waals surface area contributed by atoms with Crippen LogP contribution in [-0.4, -0.2) is 30.4 Å². The summed E-state index contributed by atoms with van der Waals surface area (Å²) in [5.41, 5.74) is 6.71. The first-order valence-corrected chi connectivity index (χ1v) is 10.8. The summed E-state index contributed by atoms with van der Waals surface area (Å²) in [6.07, 6.45) is -0.519. The Morgan fingerprint density at radius 3 is 2.58 bits per heavy atom. The Labute approximate surface area is 190 Å². The molecule has 0 saturated heterocycles. The van der Waals surface area contributed by atoms with E-state index in [2.05, 4.69) is 29.1 Å². The zero-order chi connectivity index (χ0) is 23.0. The van der Waals surface area contributed by atoms with Gasteiger partial charge in [-0.25, -0.2) is 0 Å². The summed E-state index contributed by atoms with van der Waals surface area (Å²) >= 11 is 7.64. The highest BCUT2D eigenvalue weighted by atomic mass is 35.5. The molecule has 2 heterocycles. The second-order valence-electron chi connectivity index (χ2n) is 6.68. The minimum Gasteiger partial charge on any atom is -0.394 e. The number of hydrogen-bond acceptors (Lipinski definition) is 4. The standard InChI is InChI=1S/C12H13F3N2.C11H12ClNS/c1-2-17-8-10(11(16)12(13,14)15)9-6-4-3-5-7-9;1-3-8(2)13-5-4-9-6-11(12)14-10(9)7-13/h3-8H,2,16H2,1H3;3,6H,1-2,4-5,7H2/b11-10+,17-8?;. The molecule has 3 nitrogen and oxygen atoms in total. The van der Waals surface area contributed by atoms with Gasteiger partial charge in [0.25, 0.3) is 0 Å². The first kappa shape index (κ1) is 24.8. The minimum absolute atomic E-state index is 0.0973. The Kier molecular flexibility index (Phi) is 8.95. The highest BCUT2D eigenvalue weighted by Crippen LogP contribution is 2.32. The van der Waals surface area contributed by atoms with Crippen molar-refractivity contribution in [3.05, 3.63) is 87.4 Å². The molecule has 0 saturated carbocycles. The fourth-order valence-electron chi connectivity index (χ4n) is 2.91. The molecule has 3 rings (SSSR count). The summed E-state index contributed by atoms with van der Waals surface area (Å²) in [6, 6.07) is 10.2. The topological polar surface area (TPSA) is 41.6 Å². The second-order valence-corrected chi connectivity index (χ2v) is 8.45. The predicted molar refractivity (Wildman–Crippen MR) is 125 cm³/mol. The van der Waals surface area contributed by atoms with Gasteiger partial charge >= 0.3 is 6.18 Å². The number of nitrogens with two attached hydrogens (primary N) is 1. The third-order valence-electron chi connectivity index (χ3n) is 4.58. The zero-order valence-electron chi connectivity index (χ0n) is 17.3. The van der Waals surface area contributed by atoms with E-state index < -0.39 is 11.9 Å².